The molecule has 0 bridgehead atoms. The van der Waals surface area contributed by atoms with E-state index in [2.05, 4.69) is 10.1 Å². The Labute approximate surface area is 110 Å². The molecule has 0 aromatic heterocycles. The average molecular weight is 281 g/mol. The second-order valence-electron chi connectivity index (χ2n) is 3.29. The first-order chi connectivity index (χ1) is 8.54. The molecule has 0 saturated heterocycles. The summed E-state index contributed by atoms with van der Waals surface area (Å²) in [6.07, 6.45) is 0.0443. The first-order valence-electron chi connectivity index (χ1n) is 5.25. The Hall–Kier alpha value is -1.34. The third-order valence-electron chi connectivity index (χ3n) is 2.03. The van der Waals surface area contributed by atoms with Gasteiger partial charge in [-0.15, -0.1) is 11.6 Å². The van der Waals surface area contributed by atoms with E-state index in [0.29, 0.717) is 6.61 Å². The van der Waals surface area contributed by atoms with Crippen LogP contribution in [0.1, 0.15) is 6.42 Å². The molecule has 3 amide bonds. The van der Waals surface area contributed by atoms with Gasteiger partial charge in [-0.1, -0.05) is 0 Å². The zero-order valence-electron chi connectivity index (χ0n) is 10.4. The second kappa shape index (κ2) is 9.67. The molecule has 0 rings (SSSR count). The summed E-state index contributed by atoms with van der Waals surface area (Å²) in [5, 5.41) is 2.09. The Morgan fingerprint density at radius 1 is 1.22 bits per heavy atom. The van der Waals surface area contributed by atoms with Crippen LogP contribution in [0, 0.1) is 0 Å². The van der Waals surface area contributed by atoms with Gasteiger partial charge in [-0.05, 0) is 0 Å². The molecule has 0 heterocycles. The molecule has 7 nitrogen and oxygen atoms in total. The number of methoxy groups -OCH3 is 2. The molecule has 18 heavy (non-hydrogen) atoms. The molecule has 1 N–H and O–H groups in total. The molecule has 0 aromatic rings. The highest BCUT2D eigenvalue weighted by atomic mass is 35.5. The minimum atomic E-state index is -0.610. The van der Waals surface area contributed by atoms with Crippen molar-refractivity contribution in [2.24, 2.45) is 0 Å². The van der Waals surface area contributed by atoms with Crippen molar-refractivity contribution in [2.75, 3.05) is 39.8 Å². The van der Waals surface area contributed by atoms with E-state index in [0.717, 1.165) is 0 Å². The van der Waals surface area contributed by atoms with Crippen LogP contribution in [0.4, 0.5) is 4.79 Å². The number of carbonyl (C=O) groups is 3. The molecule has 0 fully saturated rings. The predicted octanol–water partition coefficient (Wildman–Crippen LogP) is -0.0271. The third kappa shape index (κ3) is 7.08. The Kier molecular flexibility index (Phi) is 8.95. The lowest BCUT2D eigenvalue weighted by Gasteiger charge is -2.21. The zero-order chi connectivity index (χ0) is 14.0. The maximum Gasteiger partial charge on any atom is 0.324 e. The van der Waals surface area contributed by atoms with Gasteiger partial charge in [0.1, 0.15) is 5.88 Å². The van der Waals surface area contributed by atoms with Crippen LogP contribution in [0.3, 0.4) is 0 Å². The predicted molar refractivity (Wildman–Crippen MR) is 64.3 cm³/mol. The lowest BCUT2D eigenvalue weighted by Crippen LogP contribution is -2.45. The molecule has 0 aliphatic rings. The summed E-state index contributed by atoms with van der Waals surface area (Å²) in [4.78, 5) is 34.9. The smallest absolute Gasteiger partial charge is 0.324 e. The molecule has 8 heteroatoms. The number of carbonyl (C=O) groups excluding carboxylic acids is 3. The molecule has 0 atom stereocenters. The lowest BCUT2D eigenvalue weighted by atomic mass is 10.4. The van der Waals surface area contributed by atoms with Gasteiger partial charge in [-0.2, -0.15) is 0 Å². The largest absolute Gasteiger partial charge is 0.469 e. The first kappa shape index (κ1) is 16.7. The van der Waals surface area contributed by atoms with Crippen molar-refractivity contribution in [3.63, 3.8) is 0 Å². The number of ether oxygens (including phenoxy) is 2. The van der Waals surface area contributed by atoms with Gasteiger partial charge in [0, 0.05) is 20.2 Å². The first-order valence-corrected chi connectivity index (χ1v) is 5.79. The van der Waals surface area contributed by atoms with Crippen LogP contribution in [0.15, 0.2) is 0 Å². The van der Waals surface area contributed by atoms with E-state index in [1.807, 2.05) is 0 Å². The number of hydrogen-bond acceptors (Lipinski definition) is 5. The van der Waals surface area contributed by atoms with Gasteiger partial charge < -0.3 is 14.4 Å². The Morgan fingerprint density at radius 2 is 1.89 bits per heavy atom. The number of nitrogens with one attached hydrogen (secondary N) is 1. The van der Waals surface area contributed by atoms with Crippen LogP contribution in [0.5, 0.6) is 0 Å². The fourth-order valence-electron chi connectivity index (χ4n) is 1.08. The van der Waals surface area contributed by atoms with Crippen molar-refractivity contribution in [1.82, 2.24) is 10.2 Å². The van der Waals surface area contributed by atoms with Gasteiger partial charge in [0.05, 0.1) is 20.1 Å². The van der Waals surface area contributed by atoms with Gasteiger partial charge in [-0.3, -0.25) is 14.9 Å². The number of nitrogens with zero attached hydrogens (tertiary/aromatic N) is 1. The van der Waals surface area contributed by atoms with E-state index >= 15 is 0 Å². The van der Waals surface area contributed by atoms with Gasteiger partial charge in [0.2, 0.25) is 5.91 Å². The average Bonchev–Trinajstić information content (AvgIpc) is 2.37. The zero-order valence-corrected chi connectivity index (χ0v) is 11.2. The normalized spacial score (nSPS) is 9.72. The Bertz CT molecular complexity index is 298. The SMILES string of the molecule is COCCN(CCC(=O)OC)C(=O)NC(=O)CCl. The van der Waals surface area contributed by atoms with Crippen LogP contribution < -0.4 is 5.32 Å². The number of rotatable bonds is 7. The third-order valence-corrected chi connectivity index (χ3v) is 2.28. The van der Waals surface area contributed by atoms with Gasteiger partial charge >= 0.3 is 12.0 Å². The summed E-state index contributed by atoms with van der Waals surface area (Å²) < 4.78 is 9.31. The van der Waals surface area contributed by atoms with Crippen LogP contribution >= 0.6 is 11.6 Å². The maximum atomic E-state index is 11.6. The highest BCUT2D eigenvalue weighted by molar-refractivity contribution is 6.28. The van der Waals surface area contributed by atoms with Crippen molar-refractivity contribution in [2.45, 2.75) is 6.42 Å². The van der Waals surface area contributed by atoms with Crippen LogP contribution in [0.25, 0.3) is 0 Å². The lowest BCUT2D eigenvalue weighted by molar-refractivity contribution is -0.140. The van der Waals surface area contributed by atoms with Crippen LogP contribution in [-0.2, 0) is 19.1 Å². The highest BCUT2D eigenvalue weighted by Crippen LogP contribution is 1.95. The number of imide groups is 1. The van der Waals surface area contributed by atoms with Crippen LogP contribution in [-0.4, -0.2) is 62.6 Å². The molecule has 0 aliphatic carbocycles. The van der Waals surface area contributed by atoms with Crippen molar-refractivity contribution >= 4 is 29.5 Å². The van der Waals surface area contributed by atoms with E-state index in [9.17, 15) is 14.4 Å². The number of hydrogen-bond donors (Lipinski definition) is 1. The van der Waals surface area contributed by atoms with Gasteiger partial charge in [-0.25, -0.2) is 4.79 Å². The van der Waals surface area contributed by atoms with E-state index in [1.54, 1.807) is 0 Å². The van der Waals surface area contributed by atoms with E-state index < -0.39 is 17.9 Å². The summed E-state index contributed by atoms with van der Waals surface area (Å²) in [5.41, 5.74) is 0. The molecule has 0 radical (unpaired) electrons. The number of urea groups is 1. The monoisotopic (exact) mass is 280 g/mol. The van der Waals surface area contributed by atoms with Crippen molar-refractivity contribution < 1.29 is 23.9 Å². The second-order valence-corrected chi connectivity index (χ2v) is 3.56. The molecule has 0 saturated carbocycles. The minimum Gasteiger partial charge on any atom is -0.469 e. The molecular formula is C10H17ClN2O5. The molecule has 0 spiro atoms. The van der Waals surface area contributed by atoms with Gasteiger partial charge in [0.25, 0.3) is 0 Å². The van der Waals surface area contributed by atoms with Crippen LogP contribution in [0.2, 0.25) is 0 Å². The molecule has 0 aliphatic heterocycles. The van der Waals surface area contributed by atoms with Gasteiger partial charge in [0.15, 0.2) is 0 Å². The van der Waals surface area contributed by atoms with Crippen molar-refractivity contribution in [3.05, 3.63) is 0 Å². The highest BCUT2D eigenvalue weighted by Gasteiger charge is 2.16. The fraction of sp³-hybridized carbons (Fsp3) is 0.700. The summed E-state index contributed by atoms with van der Waals surface area (Å²) >= 11 is 5.27. The summed E-state index contributed by atoms with van der Waals surface area (Å²) in [7, 11) is 2.75. The van der Waals surface area contributed by atoms with E-state index in [4.69, 9.17) is 16.3 Å². The summed E-state index contributed by atoms with van der Waals surface area (Å²) in [5.74, 6) is -1.34. The summed E-state index contributed by atoms with van der Waals surface area (Å²) in [6.45, 7) is 0.690. The Balaban J connectivity index is 4.31. The molecule has 0 aromatic carbocycles. The number of amides is 3. The number of esters is 1. The van der Waals surface area contributed by atoms with Crippen molar-refractivity contribution in [3.8, 4) is 0 Å². The summed E-state index contributed by atoms with van der Waals surface area (Å²) in [6, 6.07) is -0.610. The number of halogens is 1. The standard InChI is InChI=1S/C10H17ClN2O5/c1-17-6-5-13(4-3-9(15)18-2)10(16)12-8(14)7-11/h3-7H2,1-2H3,(H,12,14,16). The fourth-order valence-corrected chi connectivity index (χ4v) is 1.14. The quantitative estimate of drug-likeness (QED) is 0.523. The van der Waals surface area contributed by atoms with E-state index in [1.165, 1.54) is 19.1 Å². The number of alkyl halides is 1. The molecular weight excluding hydrogens is 264 g/mol. The topological polar surface area (TPSA) is 84.9 Å². The van der Waals surface area contributed by atoms with E-state index in [-0.39, 0.29) is 25.4 Å². The maximum absolute atomic E-state index is 11.6. The van der Waals surface area contributed by atoms with Crippen molar-refractivity contribution in [1.29, 1.82) is 0 Å². The Morgan fingerprint density at radius 3 is 2.39 bits per heavy atom. The minimum absolute atomic E-state index is 0.0443. The molecule has 104 valence electrons. The molecule has 0 unspecified atom stereocenters.